The lowest BCUT2D eigenvalue weighted by molar-refractivity contribution is 0.157. The number of methoxy groups -OCH3 is 1. The summed E-state index contributed by atoms with van der Waals surface area (Å²) in [5, 5.41) is 1.07. The van der Waals surface area contributed by atoms with Crippen LogP contribution in [0.4, 0.5) is 0 Å². The number of pyridine rings is 1. The van der Waals surface area contributed by atoms with Crippen molar-refractivity contribution in [3.63, 3.8) is 0 Å². The average molecular weight is 286 g/mol. The lowest BCUT2D eigenvalue weighted by Crippen LogP contribution is -2.32. The molecule has 0 unspecified atom stereocenters. The van der Waals surface area contributed by atoms with Crippen molar-refractivity contribution < 1.29 is 9.47 Å². The Morgan fingerprint density at radius 2 is 2.05 bits per heavy atom. The Morgan fingerprint density at radius 1 is 1.24 bits per heavy atom. The molecule has 1 aromatic carbocycles. The van der Waals surface area contributed by atoms with Crippen LogP contribution in [0.2, 0.25) is 0 Å². The zero-order valence-corrected chi connectivity index (χ0v) is 12.7. The Labute approximate surface area is 125 Å². The smallest absolute Gasteiger partial charge is 0.163 e. The second-order valence-corrected chi connectivity index (χ2v) is 5.76. The maximum absolute atomic E-state index is 6.03. The minimum atomic E-state index is 0.630. The number of fused-ring (bicyclic) bond motifs is 1. The molecule has 0 radical (unpaired) electrons. The molecule has 1 aliphatic rings. The SMILES string of the molecule is COc1cc2cccnc2cc1OCC1CCN(C)CC1. The van der Waals surface area contributed by atoms with Crippen molar-refractivity contribution >= 4 is 10.9 Å². The van der Waals surface area contributed by atoms with Crippen LogP contribution < -0.4 is 9.47 Å². The quantitative estimate of drug-likeness (QED) is 0.865. The van der Waals surface area contributed by atoms with Gasteiger partial charge in [-0.1, -0.05) is 6.07 Å². The first-order valence-electron chi connectivity index (χ1n) is 7.50. The van der Waals surface area contributed by atoms with Crippen LogP contribution in [0, 0.1) is 5.92 Å². The van der Waals surface area contributed by atoms with Gasteiger partial charge in [0.05, 0.1) is 19.2 Å². The van der Waals surface area contributed by atoms with Crippen LogP contribution >= 0.6 is 0 Å². The van der Waals surface area contributed by atoms with Crippen LogP contribution in [-0.4, -0.2) is 43.7 Å². The molecule has 2 heterocycles. The largest absolute Gasteiger partial charge is 0.493 e. The average Bonchev–Trinajstić information content (AvgIpc) is 2.53. The molecule has 1 aliphatic heterocycles. The Bertz CT molecular complexity index is 607. The number of rotatable bonds is 4. The van der Waals surface area contributed by atoms with Gasteiger partial charge in [-0.3, -0.25) is 4.98 Å². The molecule has 21 heavy (non-hydrogen) atoms. The first-order chi connectivity index (χ1) is 10.3. The third kappa shape index (κ3) is 3.27. The van der Waals surface area contributed by atoms with Gasteiger partial charge in [0.2, 0.25) is 0 Å². The molecule has 0 atom stereocenters. The Hall–Kier alpha value is -1.81. The van der Waals surface area contributed by atoms with Gasteiger partial charge < -0.3 is 14.4 Å². The lowest BCUT2D eigenvalue weighted by Gasteiger charge is -2.28. The van der Waals surface area contributed by atoms with Gasteiger partial charge in [0.25, 0.3) is 0 Å². The number of likely N-dealkylation sites (tertiary alicyclic amines) is 1. The summed E-state index contributed by atoms with van der Waals surface area (Å²) in [5.74, 6) is 2.20. The normalized spacial score (nSPS) is 17.0. The van der Waals surface area contributed by atoms with Crippen LogP contribution in [0.3, 0.4) is 0 Å². The van der Waals surface area contributed by atoms with Gasteiger partial charge in [0.1, 0.15) is 0 Å². The molecule has 4 heteroatoms. The summed E-state index contributed by atoms with van der Waals surface area (Å²) < 4.78 is 11.5. The minimum Gasteiger partial charge on any atom is -0.493 e. The molecule has 1 aromatic heterocycles. The lowest BCUT2D eigenvalue weighted by atomic mass is 9.98. The van der Waals surface area contributed by atoms with E-state index in [0.29, 0.717) is 5.92 Å². The molecule has 0 amide bonds. The molecule has 0 bridgehead atoms. The highest BCUT2D eigenvalue weighted by molar-refractivity contribution is 5.82. The van der Waals surface area contributed by atoms with Crippen LogP contribution in [0.5, 0.6) is 11.5 Å². The highest BCUT2D eigenvalue weighted by atomic mass is 16.5. The summed E-state index contributed by atoms with van der Waals surface area (Å²) in [6.45, 7) is 3.07. The fourth-order valence-electron chi connectivity index (χ4n) is 2.79. The molecule has 2 aromatic rings. The monoisotopic (exact) mass is 286 g/mol. The molecule has 1 fully saturated rings. The summed E-state index contributed by atoms with van der Waals surface area (Å²) in [6.07, 6.45) is 4.20. The van der Waals surface area contributed by atoms with Gasteiger partial charge in [0, 0.05) is 17.6 Å². The molecule has 112 valence electrons. The molecular formula is C17H22N2O2. The zero-order valence-electron chi connectivity index (χ0n) is 12.7. The predicted molar refractivity (Wildman–Crippen MR) is 84.0 cm³/mol. The minimum absolute atomic E-state index is 0.630. The standard InChI is InChI=1S/C17H22N2O2/c1-19-8-5-13(6-9-19)12-21-17-11-15-14(4-3-7-18-15)10-16(17)20-2/h3-4,7,10-11,13H,5-6,8-9,12H2,1-2H3. The van der Waals surface area contributed by atoms with E-state index in [1.165, 1.54) is 12.8 Å². The topological polar surface area (TPSA) is 34.6 Å². The van der Waals surface area contributed by atoms with Gasteiger partial charge in [-0.05, 0) is 51.0 Å². The van der Waals surface area contributed by atoms with Gasteiger partial charge in [0.15, 0.2) is 11.5 Å². The van der Waals surface area contributed by atoms with Crippen molar-refractivity contribution in [2.24, 2.45) is 5.92 Å². The van der Waals surface area contributed by atoms with Crippen LogP contribution in [-0.2, 0) is 0 Å². The van der Waals surface area contributed by atoms with E-state index >= 15 is 0 Å². The van der Waals surface area contributed by atoms with E-state index in [4.69, 9.17) is 9.47 Å². The van der Waals surface area contributed by atoms with Crippen LogP contribution in [0.1, 0.15) is 12.8 Å². The van der Waals surface area contributed by atoms with E-state index in [-0.39, 0.29) is 0 Å². The van der Waals surface area contributed by atoms with Crippen LogP contribution in [0.25, 0.3) is 10.9 Å². The van der Waals surface area contributed by atoms with Crippen molar-refractivity contribution in [1.29, 1.82) is 0 Å². The molecule has 0 aliphatic carbocycles. The van der Waals surface area contributed by atoms with E-state index in [9.17, 15) is 0 Å². The predicted octanol–water partition coefficient (Wildman–Crippen LogP) is 2.96. The Kier molecular flexibility index (Phi) is 4.25. The number of piperidine rings is 1. The second-order valence-electron chi connectivity index (χ2n) is 5.76. The summed E-state index contributed by atoms with van der Waals surface area (Å²) in [7, 11) is 3.86. The molecule has 0 N–H and O–H groups in total. The van der Waals surface area contributed by atoms with E-state index in [0.717, 1.165) is 42.1 Å². The summed E-state index contributed by atoms with van der Waals surface area (Å²) in [4.78, 5) is 6.75. The van der Waals surface area contributed by atoms with Gasteiger partial charge >= 0.3 is 0 Å². The van der Waals surface area contributed by atoms with Gasteiger partial charge in [-0.25, -0.2) is 0 Å². The second kappa shape index (κ2) is 6.31. The van der Waals surface area contributed by atoms with E-state index in [2.05, 4.69) is 16.9 Å². The fraction of sp³-hybridized carbons (Fsp3) is 0.471. The van der Waals surface area contributed by atoms with Crippen LogP contribution in [0.15, 0.2) is 30.5 Å². The summed E-state index contributed by atoms with van der Waals surface area (Å²) in [5.41, 5.74) is 0.941. The van der Waals surface area contributed by atoms with E-state index < -0.39 is 0 Å². The molecule has 0 spiro atoms. The van der Waals surface area contributed by atoms with Gasteiger partial charge in [-0.2, -0.15) is 0 Å². The highest BCUT2D eigenvalue weighted by Gasteiger charge is 2.18. The number of hydrogen-bond donors (Lipinski definition) is 0. The third-order valence-electron chi connectivity index (χ3n) is 4.20. The zero-order chi connectivity index (χ0) is 14.7. The van der Waals surface area contributed by atoms with Crippen molar-refractivity contribution in [3.8, 4) is 11.5 Å². The van der Waals surface area contributed by atoms with Crippen molar-refractivity contribution in [3.05, 3.63) is 30.5 Å². The first kappa shape index (κ1) is 14.1. The van der Waals surface area contributed by atoms with Crippen molar-refractivity contribution in [2.45, 2.75) is 12.8 Å². The summed E-state index contributed by atoms with van der Waals surface area (Å²) >= 11 is 0. The van der Waals surface area contributed by atoms with E-state index in [1.54, 1.807) is 13.3 Å². The fourth-order valence-corrected chi connectivity index (χ4v) is 2.79. The van der Waals surface area contributed by atoms with Crippen molar-refractivity contribution in [2.75, 3.05) is 33.9 Å². The molecule has 0 saturated carbocycles. The number of benzene rings is 1. The maximum atomic E-state index is 6.03. The molecule has 1 saturated heterocycles. The Balaban J connectivity index is 1.73. The highest BCUT2D eigenvalue weighted by Crippen LogP contribution is 2.32. The number of aromatic nitrogens is 1. The Morgan fingerprint density at radius 3 is 2.81 bits per heavy atom. The molecule has 4 nitrogen and oxygen atoms in total. The number of nitrogens with zero attached hydrogens (tertiary/aromatic N) is 2. The number of ether oxygens (including phenoxy) is 2. The summed E-state index contributed by atoms with van der Waals surface area (Å²) in [6, 6.07) is 7.93. The number of hydrogen-bond acceptors (Lipinski definition) is 4. The molecule has 3 rings (SSSR count). The van der Waals surface area contributed by atoms with Gasteiger partial charge in [-0.15, -0.1) is 0 Å². The third-order valence-corrected chi connectivity index (χ3v) is 4.20. The maximum Gasteiger partial charge on any atom is 0.163 e. The first-order valence-corrected chi connectivity index (χ1v) is 7.50. The molecular weight excluding hydrogens is 264 g/mol. The van der Waals surface area contributed by atoms with Crippen molar-refractivity contribution in [1.82, 2.24) is 9.88 Å². The van der Waals surface area contributed by atoms with E-state index in [1.807, 2.05) is 24.3 Å².